The van der Waals surface area contributed by atoms with Gasteiger partial charge in [0.2, 0.25) is 11.8 Å². The molecule has 1 aromatic carbocycles. The summed E-state index contributed by atoms with van der Waals surface area (Å²) in [4.78, 5) is 26.8. The van der Waals surface area contributed by atoms with Crippen LogP contribution in [-0.2, 0) is 9.59 Å². The van der Waals surface area contributed by atoms with Crippen molar-refractivity contribution < 1.29 is 14.3 Å². The lowest BCUT2D eigenvalue weighted by atomic mass is 9.81. The summed E-state index contributed by atoms with van der Waals surface area (Å²) in [6, 6.07) is 7.45. The summed E-state index contributed by atoms with van der Waals surface area (Å²) in [6.45, 7) is 5.47. The fourth-order valence-corrected chi connectivity index (χ4v) is 3.30. The molecule has 0 heterocycles. The first-order chi connectivity index (χ1) is 12.8. The molecule has 150 valence electrons. The first-order valence-electron chi connectivity index (χ1n) is 9.85. The maximum atomic E-state index is 12.5. The standard InChI is InChI=1S/C21H33N3O3/c1-15(2)27-19-11-9-18(10-12-19)23-21(26)17-7-5-16(6-8-17)20(25)22-13-14-24(3)4/h9-12,15-17H,5-8,13-14H2,1-4H3,(H,22,25)(H,23,26). The van der Waals surface area contributed by atoms with E-state index in [4.69, 9.17) is 4.74 Å². The lowest BCUT2D eigenvalue weighted by molar-refractivity contribution is -0.128. The van der Waals surface area contributed by atoms with Crippen molar-refractivity contribution in [2.45, 2.75) is 45.6 Å². The van der Waals surface area contributed by atoms with Gasteiger partial charge in [0.25, 0.3) is 0 Å². The molecule has 2 amide bonds. The van der Waals surface area contributed by atoms with Crippen LogP contribution in [0.3, 0.4) is 0 Å². The molecule has 0 saturated heterocycles. The molecule has 2 rings (SSSR count). The van der Waals surface area contributed by atoms with Crippen molar-refractivity contribution >= 4 is 17.5 Å². The number of amides is 2. The third-order valence-corrected chi connectivity index (χ3v) is 4.82. The number of benzene rings is 1. The van der Waals surface area contributed by atoms with Gasteiger partial charge in [0.15, 0.2) is 0 Å². The molecule has 1 aliphatic rings. The lowest BCUT2D eigenvalue weighted by Gasteiger charge is -2.27. The Bertz CT molecular complexity index is 606. The Morgan fingerprint density at radius 1 is 1.04 bits per heavy atom. The van der Waals surface area contributed by atoms with Gasteiger partial charge < -0.3 is 20.3 Å². The van der Waals surface area contributed by atoms with Crippen LogP contribution in [-0.4, -0.2) is 50.0 Å². The highest BCUT2D eigenvalue weighted by Crippen LogP contribution is 2.30. The van der Waals surface area contributed by atoms with E-state index in [2.05, 4.69) is 10.6 Å². The van der Waals surface area contributed by atoms with E-state index in [1.807, 2.05) is 57.1 Å². The topological polar surface area (TPSA) is 70.7 Å². The molecule has 1 fully saturated rings. The number of hydrogen-bond acceptors (Lipinski definition) is 4. The average molecular weight is 376 g/mol. The first kappa shape index (κ1) is 21.2. The molecule has 0 aromatic heterocycles. The zero-order valence-electron chi connectivity index (χ0n) is 17.0. The molecule has 0 unspecified atom stereocenters. The Morgan fingerprint density at radius 3 is 2.11 bits per heavy atom. The second kappa shape index (κ2) is 10.3. The van der Waals surface area contributed by atoms with Crippen LogP contribution in [0.2, 0.25) is 0 Å². The van der Waals surface area contributed by atoms with Gasteiger partial charge in [-0.05, 0) is 77.9 Å². The summed E-state index contributed by atoms with van der Waals surface area (Å²) >= 11 is 0. The smallest absolute Gasteiger partial charge is 0.227 e. The predicted molar refractivity (Wildman–Crippen MR) is 108 cm³/mol. The van der Waals surface area contributed by atoms with Gasteiger partial charge in [0, 0.05) is 30.6 Å². The van der Waals surface area contributed by atoms with E-state index in [1.165, 1.54) is 0 Å². The van der Waals surface area contributed by atoms with E-state index in [0.29, 0.717) is 6.54 Å². The van der Waals surface area contributed by atoms with Crippen molar-refractivity contribution in [2.24, 2.45) is 11.8 Å². The molecule has 1 saturated carbocycles. The second-order valence-corrected chi connectivity index (χ2v) is 7.82. The van der Waals surface area contributed by atoms with Gasteiger partial charge in [0.1, 0.15) is 5.75 Å². The fourth-order valence-electron chi connectivity index (χ4n) is 3.30. The third-order valence-electron chi connectivity index (χ3n) is 4.82. The number of carbonyl (C=O) groups excluding carboxylic acids is 2. The van der Waals surface area contributed by atoms with Crippen molar-refractivity contribution in [2.75, 3.05) is 32.5 Å². The maximum Gasteiger partial charge on any atom is 0.227 e. The summed E-state index contributed by atoms with van der Waals surface area (Å²) in [5.41, 5.74) is 0.777. The molecule has 6 nitrogen and oxygen atoms in total. The van der Waals surface area contributed by atoms with Crippen LogP contribution in [0.25, 0.3) is 0 Å². The van der Waals surface area contributed by atoms with Gasteiger partial charge in [-0.15, -0.1) is 0 Å². The summed E-state index contributed by atoms with van der Waals surface area (Å²) in [6.07, 6.45) is 3.18. The fraction of sp³-hybridized carbons (Fsp3) is 0.619. The third kappa shape index (κ3) is 7.21. The Kier molecular flexibility index (Phi) is 8.10. The van der Waals surface area contributed by atoms with E-state index >= 15 is 0 Å². The maximum absolute atomic E-state index is 12.5. The zero-order valence-corrected chi connectivity index (χ0v) is 17.0. The van der Waals surface area contributed by atoms with E-state index in [9.17, 15) is 9.59 Å². The molecule has 1 aromatic rings. The Morgan fingerprint density at radius 2 is 1.59 bits per heavy atom. The number of nitrogens with zero attached hydrogens (tertiary/aromatic N) is 1. The SMILES string of the molecule is CC(C)Oc1ccc(NC(=O)C2CCC(C(=O)NCCN(C)C)CC2)cc1. The van der Waals surface area contributed by atoms with Crippen LogP contribution >= 0.6 is 0 Å². The molecule has 0 radical (unpaired) electrons. The van der Waals surface area contributed by atoms with Gasteiger partial charge in [0.05, 0.1) is 6.10 Å². The second-order valence-electron chi connectivity index (χ2n) is 7.82. The minimum atomic E-state index is -0.0255. The van der Waals surface area contributed by atoms with E-state index < -0.39 is 0 Å². The largest absolute Gasteiger partial charge is 0.491 e. The average Bonchev–Trinajstić information content (AvgIpc) is 2.62. The summed E-state index contributed by atoms with van der Waals surface area (Å²) in [7, 11) is 3.97. The van der Waals surface area contributed by atoms with Crippen LogP contribution in [0.5, 0.6) is 5.75 Å². The Labute approximate surface area is 162 Å². The quantitative estimate of drug-likeness (QED) is 0.733. The normalized spacial score (nSPS) is 19.8. The first-order valence-corrected chi connectivity index (χ1v) is 9.85. The Hall–Kier alpha value is -2.08. The number of rotatable bonds is 8. The van der Waals surface area contributed by atoms with Gasteiger partial charge in [-0.1, -0.05) is 0 Å². The molecule has 27 heavy (non-hydrogen) atoms. The van der Waals surface area contributed by atoms with Gasteiger partial charge >= 0.3 is 0 Å². The molecule has 0 atom stereocenters. The van der Waals surface area contributed by atoms with Crippen molar-refractivity contribution in [3.8, 4) is 5.75 Å². The molecule has 0 spiro atoms. The number of nitrogens with one attached hydrogen (secondary N) is 2. The summed E-state index contributed by atoms with van der Waals surface area (Å²) in [5, 5.41) is 5.98. The summed E-state index contributed by atoms with van der Waals surface area (Å²) < 4.78 is 5.61. The minimum absolute atomic E-state index is 0.0255. The predicted octanol–water partition coefficient (Wildman–Crippen LogP) is 2.90. The van der Waals surface area contributed by atoms with E-state index in [0.717, 1.165) is 43.7 Å². The number of ether oxygens (including phenoxy) is 1. The highest BCUT2D eigenvalue weighted by molar-refractivity contribution is 5.92. The molecule has 6 heteroatoms. The van der Waals surface area contributed by atoms with Crippen molar-refractivity contribution in [3.63, 3.8) is 0 Å². The van der Waals surface area contributed by atoms with Crippen LogP contribution < -0.4 is 15.4 Å². The monoisotopic (exact) mass is 375 g/mol. The lowest BCUT2D eigenvalue weighted by Crippen LogP contribution is -2.38. The molecule has 1 aliphatic carbocycles. The number of carbonyl (C=O) groups is 2. The highest BCUT2D eigenvalue weighted by Gasteiger charge is 2.29. The van der Waals surface area contributed by atoms with Gasteiger partial charge in [-0.2, -0.15) is 0 Å². The molecule has 2 N–H and O–H groups in total. The number of likely N-dealkylation sites (N-methyl/N-ethyl adjacent to an activating group) is 1. The number of anilines is 1. The highest BCUT2D eigenvalue weighted by atomic mass is 16.5. The van der Waals surface area contributed by atoms with Crippen LogP contribution in [0.15, 0.2) is 24.3 Å². The van der Waals surface area contributed by atoms with E-state index in [-0.39, 0.29) is 29.8 Å². The van der Waals surface area contributed by atoms with Crippen LogP contribution in [0, 0.1) is 11.8 Å². The van der Waals surface area contributed by atoms with Crippen molar-refractivity contribution in [1.29, 1.82) is 0 Å². The van der Waals surface area contributed by atoms with Gasteiger partial charge in [-0.3, -0.25) is 9.59 Å². The number of hydrogen-bond donors (Lipinski definition) is 2. The van der Waals surface area contributed by atoms with E-state index in [1.54, 1.807) is 0 Å². The summed E-state index contributed by atoms with van der Waals surface area (Å²) in [5.74, 6) is 0.963. The van der Waals surface area contributed by atoms with Crippen LogP contribution in [0.4, 0.5) is 5.69 Å². The zero-order chi connectivity index (χ0) is 19.8. The Balaban J connectivity index is 1.75. The molecule has 0 bridgehead atoms. The van der Waals surface area contributed by atoms with Crippen LogP contribution in [0.1, 0.15) is 39.5 Å². The molecule has 0 aliphatic heterocycles. The molecular weight excluding hydrogens is 342 g/mol. The minimum Gasteiger partial charge on any atom is -0.491 e. The molecular formula is C21H33N3O3. The van der Waals surface area contributed by atoms with Gasteiger partial charge in [-0.25, -0.2) is 0 Å². The van der Waals surface area contributed by atoms with Crippen molar-refractivity contribution in [3.05, 3.63) is 24.3 Å². The van der Waals surface area contributed by atoms with Crippen molar-refractivity contribution in [1.82, 2.24) is 10.2 Å².